The molecule has 2 aromatic carbocycles. The van der Waals surface area contributed by atoms with Crippen molar-refractivity contribution in [2.24, 2.45) is 7.05 Å². The minimum absolute atomic E-state index is 0.00799. The zero-order valence-electron chi connectivity index (χ0n) is 23.7. The van der Waals surface area contributed by atoms with Gasteiger partial charge in [-0.2, -0.15) is 44.3 Å². The summed E-state index contributed by atoms with van der Waals surface area (Å²) >= 11 is 1.23. The summed E-state index contributed by atoms with van der Waals surface area (Å²) in [6.45, 7) is 2.03. The van der Waals surface area contributed by atoms with E-state index in [4.69, 9.17) is 0 Å². The lowest BCUT2D eigenvalue weighted by Crippen LogP contribution is -2.25. The summed E-state index contributed by atoms with van der Waals surface area (Å²) in [5, 5.41) is 14.5. The number of benzene rings is 2. The molecule has 0 spiro atoms. The molecule has 4 aromatic rings. The number of hydrogen-bond acceptors (Lipinski definition) is 7. The van der Waals surface area contributed by atoms with Crippen LogP contribution in [0.1, 0.15) is 51.5 Å². The van der Waals surface area contributed by atoms with Crippen LogP contribution >= 0.6 is 11.3 Å². The molecule has 2 heterocycles. The zero-order chi connectivity index (χ0) is 33.3. The van der Waals surface area contributed by atoms with Gasteiger partial charge in [-0.25, -0.2) is 4.98 Å². The van der Waals surface area contributed by atoms with E-state index in [9.17, 15) is 44.3 Å². The molecule has 0 atom stereocenters. The van der Waals surface area contributed by atoms with Crippen LogP contribution in [0, 0.1) is 0 Å². The second-order valence-electron chi connectivity index (χ2n) is 9.86. The largest absolute Gasteiger partial charge is 0.416 e. The predicted octanol–water partition coefficient (Wildman–Crippen LogP) is 6.80. The lowest BCUT2D eigenvalue weighted by atomic mass is 9.99. The van der Waals surface area contributed by atoms with Gasteiger partial charge >= 0.3 is 18.5 Å². The molecule has 0 aliphatic rings. The first kappa shape index (κ1) is 33.7. The second kappa shape index (κ2) is 12.6. The number of hydrogen-bond donors (Lipinski definition) is 1. The van der Waals surface area contributed by atoms with Gasteiger partial charge in [-0.05, 0) is 53.1 Å². The number of alkyl halides is 9. The fraction of sp³-hybridized carbons (Fsp3) is 0.370. The summed E-state index contributed by atoms with van der Waals surface area (Å²) in [6.07, 6.45) is -14.6. The average Bonchev–Trinajstić information content (AvgIpc) is 3.56. The van der Waals surface area contributed by atoms with Crippen molar-refractivity contribution in [3.63, 3.8) is 0 Å². The van der Waals surface area contributed by atoms with Gasteiger partial charge in [-0.15, -0.1) is 16.4 Å². The van der Waals surface area contributed by atoms with Crippen LogP contribution < -0.4 is 10.2 Å². The molecule has 18 heteroatoms. The predicted molar refractivity (Wildman–Crippen MR) is 145 cm³/mol. The maximum atomic E-state index is 13.8. The first-order chi connectivity index (χ1) is 20.8. The second-order valence-corrected chi connectivity index (χ2v) is 11.0. The minimum atomic E-state index is -5.12. The van der Waals surface area contributed by atoms with Crippen LogP contribution in [0.15, 0.2) is 36.4 Å². The van der Waals surface area contributed by atoms with Crippen LogP contribution in [-0.2, 0) is 56.4 Å². The third kappa shape index (κ3) is 8.29. The van der Waals surface area contributed by atoms with E-state index >= 15 is 0 Å². The number of aryl methyl sites for hydroxylation is 2. The number of nitrogens with zero attached hydrogens (tertiary/aromatic N) is 6. The van der Waals surface area contributed by atoms with Gasteiger partial charge in [-0.1, -0.05) is 18.1 Å². The van der Waals surface area contributed by atoms with Gasteiger partial charge in [0.05, 0.1) is 36.0 Å². The highest BCUT2D eigenvalue weighted by Crippen LogP contribution is 2.39. The van der Waals surface area contributed by atoms with E-state index in [1.54, 1.807) is 6.92 Å². The third-order valence-corrected chi connectivity index (χ3v) is 7.60. The van der Waals surface area contributed by atoms with Crippen LogP contribution in [-0.4, -0.2) is 31.1 Å². The quantitative estimate of drug-likeness (QED) is 0.198. The summed E-state index contributed by atoms with van der Waals surface area (Å²) in [6, 6.07) is 3.90. The number of anilines is 1. The van der Waals surface area contributed by atoms with Gasteiger partial charge in [0.25, 0.3) is 5.95 Å². The lowest BCUT2D eigenvalue weighted by molar-refractivity contribution is -0.143. The Balaban J connectivity index is 1.85. The number of halogens is 9. The first-order valence-corrected chi connectivity index (χ1v) is 13.9. The van der Waals surface area contributed by atoms with Crippen molar-refractivity contribution in [2.45, 2.75) is 58.4 Å². The van der Waals surface area contributed by atoms with Crippen molar-refractivity contribution in [1.82, 2.24) is 30.5 Å². The maximum absolute atomic E-state index is 13.8. The van der Waals surface area contributed by atoms with E-state index in [-0.39, 0.29) is 35.6 Å². The molecule has 0 radical (unpaired) electrons. The van der Waals surface area contributed by atoms with E-state index in [0.717, 1.165) is 21.8 Å². The Labute approximate surface area is 253 Å². The fourth-order valence-electron chi connectivity index (χ4n) is 4.39. The highest BCUT2D eigenvalue weighted by atomic mass is 32.1. The van der Waals surface area contributed by atoms with E-state index in [1.807, 2.05) is 0 Å². The topological polar surface area (TPSA) is 88.8 Å². The number of nitrogens with one attached hydrogen (secondary N) is 1. The van der Waals surface area contributed by atoms with Gasteiger partial charge in [0.2, 0.25) is 5.91 Å². The Hall–Kier alpha value is -4.22. The molecule has 1 amide bonds. The van der Waals surface area contributed by atoms with Crippen molar-refractivity contribution in [1.29, 1.82) is 0 Å². The van der Waals surface area contributed by atoms with Gasteiger partial charge in [0.15, 0.2) is 0 Å². The lowest BCUT2D eigenvalue weighted by Gasteiger charge is -2.24. The molecule has 242 valence electrons. The summed E-state index contributed by atoms with van der Waals surface area (Å²) < 4.78 is 123. The van der Waals surface area contributed by atoms with Gasteiger partial charge in [0, 0.05) is 30.5 Å². The summed E-state index contributed by atoms with van der Waals surface area (Å²) in [7, 11) is 1.36. The van der Waals surface area contributed by atoms with Crippen molar-refractivity contribution in [3.8, 4) is 11.3 Å². The number of amides is 1. The number of tetrazole rings is 1. The van der Waals surface area contributed by atoms with E-state index in [2.05, 4.69) is 25.7 Å². The molecule has 4 rings (SSSR count). The van der Waals surface area contributed by atoms with Gasteiger partial charge in [0.1, 0.15) is 5.01 Å². The summed E-state index contributed by atoms with van der Waals surface area (Å²) in [5.74, 6) is -0.581. The molecule has 0 aliphatic heterocycles. The number of rotatable bonds is 9. The summed E-state index contributed by atoms with van der Waals surface area (Å²) in [5.41, 5.74) is -4.05. The van der Waals surface area contributed by atoms with Crippen molar-refractivity contribution in [2.75, 3.05) is 4.90 Å². The van der Waals surface area contributed by atoms with Crippen LogP contribution in [0.4, 0.5) is 45.5 Å². The molecule has 45 heavy (non-hydrogen) atoms. The Morgan fingerprint density at radius 2 is 1.53 bits per heavy atom. The van der Waals surface area contributed by atoms with E-state index < -0.39 is 53.9 Å². The van der Waals surface area contributed by atoms with E-state index in [1.165, 1.54) is 31.4 Å². The molecule has 1 N–H and O–H groups in total. The first-order valence-electron chi connectivity index (χ1n) is 13.1. The number of thiazole rings is 1. The van der Waals surface area contributed by atoms with E-state index in [0.29, 0.717) is 34.1 Å². The van der Waals surface area contributed by atoms with Crippen molar-refractivity contribution in [3.05, 3.63) is 74.1 Å². The maximum Gasteiger partial charge on any atom is 0.416 e. The standard InChI is InChI=1S/C27H24F9N7OS/c1-4-21-23(38-22(45-21)11-37-14(2)44)20-6-5-17(25(28,29)30)9-16(20)13-43(24-39-41-42(3)40-24)12-15-7-18(26(31,32)33)10-19(8-15)27(34,35)36/h5-10H,4,11-13H2,1-3H3,(H,37,44). The monoisotopic (exact) mass is 665 g/mol. The Morgan fingerprint density at radius 3 is 2.04 bits per heavy atom. The van der Waals surface area contributed by atoms with Crippen LogP contribution in [0.5, 0.6) is 0 Å². The van der Waals surface area contributed by atoms with Crippen LogP contribution in [0.2, 0.25) is 0 Å². The van der Waals surface area contributed by atoms with Crippen LogP contribution in [0.25, 0.3) is 11.3 Å². The Morgan fingerprint density at radius 1 is 0.911 bits per heavy atom. The normalized spacial score (nSPS) is 12.4. The molecule has 0 saturated carbocycles. The molecule has 0 aliphatic carbocycles. The molecule has 0 saturated heterocycles. The number of aromatic nitrogens is 5. The van der Waals surface area contributed by atoms with Crippen molar-refractivity contribution >= 4 is 23.2 Å². The molecule has 2 aromatic heterocycles. The minimum Gasteiger partial charge on any atom is -0.350 e. The zero-order valence-corrected chi connectivity index (χ0v) is 24.5. The van der Waals surface area contributed by atoms with Crippen molar-refractivity contribution < 1.29 is 44.3 Å². The molecule has 0 fully saturated rings. The van der Waals surface area contributed by atoms with Crippen LogP contribution in [0.3, 0.4) is 0 Å². The van der Waals surface area contributed by atoms with Gasteiger partial charge in [-0.3, -0.25) is 4.79 Å². The highest BCUT2D eigenvalue weighted by molar-refractivity contribution is 7.12. The molecule has 0 bridgehead atoms. The third-order valence-electron chi connectivity index (χ3n) is 6.40. The number of carbonyl (C=O) groups is 1. The highest BCUT2D eigenvalue weighted by Gasteiger charge is 2.37. The van der Waals surface area contributed by atoms with Gasteiger partial charge < -0.3 is 10.2 Å². The fourth-order valence-corrected chi connectivity index (χ4v) is 5.35. The summed E-state index contributed by atoms with van der Waals surface area (Å²) in [4.78, 5) is 18.7. The average molecular weight is 666 g/mol. The smallest absolute Gasteiger partial charge is 0.350 e. The molecule has 8 nitrogen and oxygen atoms in total. The SMILES string of the molecule is CCc1sc(CNC(C)=O)nc1-c1ccc(C(F)(F)F)cc1CN(Cc1cc(C(F)(F)F)cc(C(F)(F)F)c1)c1nnn(C)n1. The molecular formula is C27H24F9N7OS. The number of carbonyl (C=O) groups excluding carboxylic acids is 1. The Bertz CT molecular complexity index is 1640. The Kier molecular flexibility index (Phi) is 9.46. The molecule has 0 unspecified atom stereocenters. The molecular weight excluding hydrogens is 641 g/mol.